The van der Waals surface area contributed by atoms with E-state index < -0.39 is 0 Å². The van der Waals surface area contributed by atoms with Gasteiger partial charge in [0, 0.05) is 5.92 Å². The van der Waals surface area contributed by atoms with E-state index in [2.05, 4.69) is 9.97 Å². The Morgan fingerprint density at radius 2 is 2.29 bits per heavy atom. The van der Waals surface area contributed by atoms with E-state index in [4.69, 9.17) is 4.74 Å². The lowest BCUT2D eigenvalue weighted by molar-refractivity contribution is 0.0921. The Kier molecular flexibility index (Phi) is 3.56. The second-order valence-corrected chi connectivity index (χ2v) is 3.12. The molecule has 1 rings (SSSR count). The van der Waals surface area contributed by atoms with Crippen LogP contribution in [0.15, 0.2) is 12.4 Å². The van der Waals surface area contributed by atoms with Gasteiger partial charge in [-0.2, -0.15) is 0 Å². The van der Waals surface area contributed by atoms with Gasteiger partial charge < -0.3 is 4.74 Å². The van der Waals surface area contributed by atoms with E-state index in [1.807, 2.05) is 13.8 Å². The smallest absolute Gasteiger partial charge is 0.232 e. The maximum absolute atomic E-state index is 11.7. The standard InChI is InChI=1S/C10H14N2O2/c1-4-7(2)10(13)8-5-11-6-9(12-8)14-3/h5-7H,4H2,1-3H3. The van der Waals surface area contributed by atoms with Crippen LogP contribution in [0.25, 0.3) is 0 Å². The maximum atomic E-state index is 11.7. The van der Waals surface area contributed by atoms with Crippen LogP contribution >= 0.6 is 0 Å². The third kappa shape index (κ3) is 2.28. The summed E-state index contributed by atoms with van der Waals surface area (Å²) in [5.74, 6) is 0.370. The van der Waals surface area contributed by atoms with Crippen molar-refractivity contribution in [2.75, 3.05) is 7.11 Å². The van der Waals surface area contributed by atoms with Crippen molar-refractivity contribution >= 4 is 5.78 Å². The molecule has 0 aromatic carbocycles. The summed E-state index contributed by atoms with van der Waals surface area (Å²) in [6.45, 7) is 3.85. The zero-order valence-corrected chi connectivity index (χ0v) is 8.65. The van der Waals surface area contributed by atoms with E-state index >= 15 is 0 Å². The first-order valence-corrected chi connectivity index (χ1v) is 4.59. The molecule has 1 heterocycles. The third-order valence-electron chi connectivity index (χ3n) is 2.13. The Bertz CT molecular complexity index is 326. The topological polar surface area (TPSA) is 52.1 Å². The first-order chi connectivity index (χ1) is 6.69. The Morgan fingerprint density at radius 3 is 2.86 bits per heavy atom. The molecule has 0 amide bonds. The van der Waals surface area contributed by atoms with Gasteiger partial charge >= 0.3 is 0 Å². The molecule has 76 valence electrons. The second kappa shape index (κ2) is 4.69. The van der Waals surface area contributed by atoms with Crippen molar-refractivity contribution in [2.45, 2.75) is 20.3 Å². The van der Waals surface area contributed by atoms with Crippen molar-refractivity contribution in [3.8, 4) is 5.88 Å². The van der Waals surface area contributed by atoms with Gasteiger partial charge in [0.15, 0.2) is 5.78 Å². The van der Waals surface area contributed by atoms with Crippen molar-refractivity contribution in [2.24, 2.45) is 5.92 Å². The molecule has 0 aliphatic heterocycles. The molecular formula is C10H14N2O2. The van der Waals surface area contributed by atoms with Crippen LogP contribution in [0.5, 0.6) is 5.88 Å². The number of hydrogen-bond donors (Lipinski definition) is 0. The molecular weight excluding hydrogens is 180 g/mol. The molecule has 1 aromatic heterocycles. The second-order valence-electron chi connectivity index (χ2n) is 3.12. The van der Waals surface area contributed by atoms with Crippen LogP contribution in [0, 0.1) is 5.92 Å². The van der Waals surface area contributed by atoms with E-state index in [0.29, 0.717) is 11.6 Å². The van der Waals surface area contributed by atoms with Gasteiger partial charge in [-0.25, -0.2) is 4.98 Å². The summed E-state index contributed by atoms with van der Waals surface area (Å²) in [7, 11) is 1.50. The minimum absolute atomic E-state index is 0.0129. The van der Waals surface area contributed by atoms with Gasteiger partial charge in [0.2, 0.25) is 5.88 Å². The highest BCUT2D eigenvalue weighted by molar-refractivity contribution is 5.95. The molecule has 0 spiro atoms. The molecule has 0 fully saturated rings. The molecule has 0 aliphatic carbocycles. The molecule has 4 nitrogen and oxygen atoms in total. The van der Waals surface area contributed by atoms with Crippen molar-refractivity contribution in [1.82, 2.24) is 9.97 Å². The van der Waals surface area contributed by atoms with E-state index in [9.17, 15) is 4.79 Å². The molecule has 0 bridgehead atoms. The quantitative estimate of drug-likeness (QED) is 0.685. The number of nitrogens with zero attached hydrogens (tertiary/aromatic N) is 2. The Labute approximate surface area is 83.3 Å². The normalized spacial score (nSPS) is 12.2. The first-order valence-electron chi connectivity index (χ1n) is 4.59. The summed E-state index contributed by atoms with van der Waals surface area (Å²) in [4.78, 5) is 19.6. The lowest BCUT2D eigenvalue weighted by atomic mass is 10.0. The minimum Gasteiger partial charge on any atom is -0.480 e. The molecule has 1 atom stereocenters. The molecule has 1 aromatic rings. The number of Topliss-reactive ketones (excluding diaryl/α,β-unsaturated/α-hetero) is 1. The third-order valence-corrected chi connectivity index (χ3v) is 2.13. The van der Waals surface area contributed by atoms with Crippen molar-refractivity contribution < 1.29 is 9.53 Å². The Balaban J connectivity index is 2.90. The van der Waals surface area contributed by atoms with Gasteiger partial charge in [0.25, 0.3) is 0 Å². The van der Waals surface area contributed by atoms with Crippen LogP contribution in [0.2, 0.25) is 0 Å². The van der Waals surface area contributed by atoms with Crippen molar-refractivity contribution in [3.05, 3.63) is 18.1 Å². The number of ketones is 1. The predicted octanol–water partition coefficient (Wildman–Crippen LogP) is 1.71. The monoisotopic (exact) mass is 194 g/mol. The molecule has 14 heavy (non-hydrogen) atoms. The van der Waals surface area contributed by atoms with E-state index in [1.54, 1.807) is 0 Å². The summed E-state index contributed by atoms with van der Waals surface area (Å²) in [5.41, 5.74) is 0.374. The fourth-order valence-electron chi connectivity index (χ4n) is 1.00. The highest BCUT2D eigenvalue weighted by atomic mass is 16.5. The lowest BCUT2D eigenvalue weighted by Gasteiger charge is -2.06. The van der Waals surface area contributed by atoms with Crippen molar-refractivity contribution in [3.63, 3.8) is 0 Å². The summed E-state index contributed by atoms with van der Waals surface area (Å²) in [6.07, 6.45) is 3.75. The number of aromatic nitrogens is 2. The summed E-state index contributed by atoms with van der Waals surface area (Å²) < 4.78 is 4.89. The van der Waals surface area contributed by atoms with Gasteiger partial charge in [0.1, 0.15) is 5.69 Å². The number of methoxy groups -OCH3 is 1. The predicted molar refractivity (Wildman–Crippen MR) is 52.4 cm³/mol. The molecule has 0 aliphatic rings. The average Bonchev–Trinajstić information content (AvgIpc) is 2.27. The molecule has 0 N–H and O–H groups in total. The zero-order valence-electron chi connectivity index (χ0n) is 8.65. The molecule has 4 heteroatoms. The summed E-state index contributed by atoms with van der Waals surface area (Å²) in [5, 5.41) is 0. The van der Waals surface area contributed by atoms with Gasteiger partial charge in [-0.3, -0.25) is 9.78 Å². The molecule has 0 radical (unpaired) electrons. The van der Waals surface area contributed by atoms with Crippen LogP contribution in [0.1, 0.15) is 30.8 Å². The fraction of sp³-hybridized carbons (Fsp3) is 0.500. The van der Waals surface area contributed by atoms with Gasteiger partial charge in [-0.1, -0.05) is 13.8 Å². The number of hydrogen-bond acceptors (Lipinski definition) is 4. The van der Waals surface area contributed by atoms with Gasteiger partial charge in [-0.15, -0.1) is 0 Å². The maximum Gasteiger partial charge on any atom is 0.232 e. The van der Waals surface area contributed by atoms with E-state index in [-0.39, 0.29) is 11.7 Å². The molecule has 0 saturated heterocycles. The zero-order chi connectivity index (χ0) is 10.6. The number of carbonyl (C=O) groups excluding carboxylic acids is 1. The van der Waals surface area contributed by atoms with Crippen LogP contribution in [0.3, 0.4) is 0 Å². The SMILES string of the molecule is CCC(C)C(=O)c1cncc(OC)n1. The largest absolute Gasteiger partial charge is 0.480 e. The number of rotatable bonds is 4. The highest BCUT2D eigenvalue weighted by Crippen LogP contribution is 2.11. The number of ether oxygens (including phenoxy) is 1. The summed E-state index contributed by atoms with van der Waals surface area (Å²) in [6, 6.07) is 0. The average molecular weight is 194 g/mol. The van der Waals surface area contributed by atoms with Crippen LogP contribution < -0.4 is 4.74 Å². The van der Waals surface area contributed by atoms with Gasteiger partial charge in [0.05, 0.1) is 19.5 Å². The van der Waals surface area contributed by atoms with E-state index in [0.717, 1.165) is 6.42 Å². The molecule has 0 saturated carbocycles. The van der Waals surface area contributed by atoms with Crippen LogP contribution in [-0.4, -0.2) is 22.9 Å². The first kappa shape index (κ1) is 10.6. The summed E-state index contributed by atoms with van der Waals surface area (Å²) >= 11 is 0. The van der Waals surface area contributed by atoms with Crippen molar-refractivity contribution in [1.29, 1.82) is 0 Å². The van der Waals surface area contributed by atoms with Crippen LogP contribution in [0.4, 0.5) is 0 Å². The van der Waals surface area contributed by atoms with Gasteiger partial charge in [-0.05, 0) is 6.42 Å². The minimum atomic E-state index is -0.0172. The Morgan fingerprint density at radius 1 is 1.57 bits per heavy atom. The van der Waals surface area contributed by atoms with E-state index in [1.165, 1.54) is 19.5 Å². The highest BCUT2D eigenvalue weighted by Gasteiger charge is 2.15. The lowest BCUT2D eigenvalue weighted by Crippen LogP contribution is -2.12. The number of carbonyl (C=O) groups is 1. The fourth-order valence-corrected chi connectivity index (χ4v) is 1.00. The Hall–Kier alpha value is -1.45. The molecule has 1 unspecified atom stereocenters. The van der Waals surface area contributed by atoms with Crippen LogP contribution in [-0.2, 0) is 0 Å².